The average molecular weight is 869 g/mol. The Kier molecular flexibility index (Phi) is 24.2. The fourth-order valence-corrected chi connectivity index (χ4v) is 9.59. The predicted molar refractivity (Wildman–Crippen MR) is 230 cm³/mol. The number of aryl methyl sites for hydroxylation is 2. The zero-order chi connectivity index (χ0) is 38.8. The van der Waals surface area contributed by atoms with E-state index in [1.165, 1.54) is 0 Å². The number of hydrogen-bond donors (Lipinski definition) is 0. The van der Waals surface area contributed by atoms with Gasteiger partial charge in [0.25, 0.3) is 0 Å². The molecular formula is C40H56MgN6O10S2. The average Bonchev–Trinajstić information content (AvgIpc) is 3.89. The third-order valence-corrected chi connectivity index (χ3v) is 12.6. The van der Waals surface area contributed by atoms with Crippen LogP contribution in [0.1, 0.15) is 58.1 Å². The van der Waals surface area contributed by atoms with Crippen LogP contribution in [-0.2, 0) is 55.4 Å². The molecule has 0 aromatic carbocycles. The standard InChI is InChI=1S/2C20H24N3O3S.Mg.4H2O/c2*1-13-11-23-17(14(2)20(13)26-4)12-27(24)18-6-5-16(25-3)9-15(18)10-19-21-7-8-22-19;;;;;/h2*5-8,11,15H,9-10,12H2,1-4H3;;4*1H2/q2*-1;+2;;;;/t2*15-,27?;;;;;/m11...../s1. The van der Waals surface area contributed by atoms with Crippen LogP contribution in [0.2, 0.25) is 0 Å². The molecule has 8 N–H and O–H groups in total. The molecule has 0 saturated carbocycles. The Hall–Kier alpha value is -4.21. The van der Waals surface area contributed by atoms with Crippen molar-refractivity contribution in [1.82, 2.24) is 29.9 Å². The van der Waals surface area contributed by atoms with E-state index >= 15 is 0 Å². The van der Waals surface area contributed by atoms with E-state index < -0.39 is 21.6 Å². The number of rotatable bonds is 14. The van der Waals surface area contributed by atoms with Gasteiger partial charge >= 0.3 is 23.1 Å². The molecule has 2 aliphatic carbocycles. The molecule has 2 aliphatic rings. The van der Waals surface area contributed by atoms with E-state index in [1.54, 1.807) is 65.6 Å². The first-order valence-corrected chi connectivity index (χ1v) is 20.2. The monoisotopic (exact) mass is 868 g/mol. The number of hydrogen-bond acceptors (Lipinski definition) is 10. The maximum Gasteiger partial charge on any atom is 2.00 e. The molecule has 0 bridgehead atoms. The van der Waals surface area contributed by atoms with E-state index in [4.69, 9.17) is 18.9 Å². The van der Waals surface area contributed by atoms with Crippen molar-refractivity contribution >= 4 is 44.7 Å². The number of nitrogens with zero attached hydrogens (tertiary/aromatic N) is 6. The van der Waals surface area contributed by atoms with Gasteiger partial charge in [0.15, 0.2) is 0 Å². The summed E-state index contributed by atoms with van der Waals surface area (Å²) in [6.07, 6.45) is 20.5. The van der Waals surface area contributed by atoms with Gasteiger partial charge in [-0.2, -0.15) is 0 Å². The number of pyridine rings is 2. The van der Waals surface area contributed by atoms with Crippen LogP contribution in [0.5, 0.6) is 11.5 Å². The Bertz CT molecular complexity index is 1940. The van der Waals surface area contributed by atoms with Crippen molar-refractivity contribution in [2.75, 3.05) is 28.4 Å². The van der Waals surface area contributed by atoms with E-state index in [-0.39, 0.29) is 56.8 Å². The van der Waals surface area contributed by atoms with Gasteiger partial charge in [0.05, 0.1) is 84.5 Å². The van der Waals surface area contributed by atoms with Crippen molar-refractivity contribution in [3.63, 3.8) is 0 Å². The summed E-state index contributed by atoms with van der Waals surface area (Å²) >= 11 is 0. The van der Waals surface area contributed by atoms with Crippen molar-refractivity contribution in [1.29, 1.82) is 0 Å². The second kappa shape index (κ2) is 26.1. The van der Waals surface area contributed by atoms with Crippen molar-refractivity contribution in [2.24, 2.45) is 11.8 Å². The Labute approximate surface area is 366 Å². The zero-order valence-electron chi connectivity index (χ0n) is 34.8. The van der Waals surface area contributed by atoms with Crippen molar-refractivity contribution in [3.05, 3.63) is 128 Å². The van der Waals surface area contributed by atoms with E-state index in [2.05, 4.69) is 29.9 Å². The molecule has 0 radical (unpaired) electrons. The Morgan fingerprint density at radius 3 is 1.27 bits per heavy atom. The predicted octanol–water partition coefficient (Wildman–Crippen LogP) is 2.29. The van der Waals surface area contributed by atoms with Gasteiger partial charge in [0, 0.05) is 69.1 Å². The smallest absolute Gasteiger partial charge is 0.501 e. The van der Waals surface area contributed by atoms with Crippen molar-refractivity contribution in [2.45, 2.75) is 64.9 Å². The van der Waals surface area contributed by atoms with Crippen LogP contribution in [0.3, 0.4) is 0 Å². The van der Waals surface area contributed by atoms with Gasteiger partial charge in [0.1, 0.15) is 11.5 Å². The molecule has 0 saturated heterocycles. The maximum atomic E-state index is 13.2. The van der Waals surface area contributed by atoms with Gasteiger partial charge < -0.3 is 60.8 Å². The molecule has 0 amide bonds. The number of aromatic nitrogens is 6. The molecule has 4 aromatic rings. The molecular weight excluding hydrogens is 813 g/mol. The summed E-state index contributed by atoms with van der Waals surface area (Å²) in [6.45, 7) is 7.82. The fourth-order valence-electron chi connectivity index (χ4n) is 6.66. The minimum absolute atomic E-state index is 0. The summed E-state index contributed by atoms with van der Waals surface area (Å²) < 4.78 is 48.1. The van der Waals surface area contributed by atoms with Crippen LogP contribution in [0, 0.1) is 39.5 Å². The molecule has 0 spiro atoms. The SMILES string of the molecule is COC1=CC=C(S(=O)Cc2ncc(C)c(OC)c2C)[C@@H](Cc2ncc[n-]2)C1.COC1=CC=C(S(=O)Cc2ncc(C)c(OC)c2C)[C@@H](Cc2ncc[n-]2)C1.O.O.O.O.[Mg+2]. The number of ether oxygens (including phenoxy) is 4. The molecule has 4 atom stereocenters. The molecule has 19 heteroatoms. The largest absolute Gasteiger partial charge is 2.00 e. The Balaban J connectivity index is 0.00000105. The van der Waals surface area contributed by atoms with E-state index in [9.17, 15) is 8.42 Å². The van der Waals surface area contributed by atoms with Crippen molar-refractivity contribution in [3.8, 4) is 11.5 Å². The maximum absolute atomic E-state index is 13.2. The minimum atomic E-state index is -1.21. The molecule has 59 heavy (non-hydrogen) atoms. The van der Waals surface area contributed by atoms with Gasteiger partial charge in [-0.25, -0.2) is 0 Å². The van der Waals surface area contributed by atoms with Crippen LogP contribution < -0.4 is 19.4 Å². The normalized spacial score (nSPS) is 16.3. The second-order valence-corrected chi connectivity index (χ2v) is 15.9. The molecule has 6 rings (SSSR count). The summed E-state index contributed by atoms with van der Waals surface area (Å²) in [5, 5.41) is 0. The second-order valence-electron chi connectivity index (χ2n) is 13.0. The van der Waals surface area contributed by atoms with E-state index in [0.717, 1.165) is 78.1 Å². The van der Waals surface area contributed by atoms with Gasteiger partial charge in [0.2, 0.25) is 0 Å². The quantitative estimate of drug-likeness (QED) is 0.165. The first kappa shape index (κ1) is 54.8. The summed E-state index contributed by atoms with van der Waals surface area (Å²) in [7, 11) is 4.19. The van der Waals surface area contributed by atoms with Gasteiger partial charge in [-0.15, -0.1) is 0 Å². The van der Waals surface area contributed by atoms with Crippen molar-refractivity contribution < 1.29 is 49.3 Å². The van der Waals surface area contributed by atoms with Crippen LogP contribution in [0.15, 0.2) is 82.8 Å². The molecule has 320 valence electrons. The molecule has 4 heterocycles. The third kappa shape index (κ3) is 13.9. The van der Waals surface area contributed by atoms with Gasteiger partial charge in [-0.05, 0) is 64.8 Å². The third-order valence-electron chi connectivity index (χ3n) is 9.54. The zero-order valence-corrected chi connectivity index (χ0v) is 37.9. The van der Waals surface area contributed by atoms with Crippen LogP contribution in [0.25, 0.3) is 0 Å². The first-order valence-electron chi connectivity index (χ1n) is 17.6. The molecule has 0 aliphatic heterocycles. The Morgan fingerprint density at radius 1 is 0.593 bits per heavy atom. The Morgan fingerprint density at radius 2 is 0.966 bits per heavy atom. The molecule has 0 fully saturated rings. The summed E-state index contributed by atoms with van der Waals surface area (Å²) in [5.41, 5.74) is 5.40. The van der Waals surface area contributed by atoms with E-state index in [0.29, 0.717) is 37.2 Å². The molecule has 4 aromatic heterocycles. The van der Waals surface area contributed by atoms with Gasteiger partial charge in [-0.3, -0.25) is 18.4 Å². The number of methoxy groups -OCH3 is 4. The van der Waals surface area contributed by atoms with Crippen LogP contribution >= 0.6 is 0 Å². The van der Waals surface area contributed by atoms with Crippen LogP contribution in [0.4, 0.5) is 0 Å². The molecule has 2 unspecified atom stereocenters. The van der Waals surface area contributed by atoms with Crippen LogP contribution in [-0.4, -0.2) is 102 Å². The summed E-state index contributed by atoms with van der Waals surface area (Å²) in [6, 6.07) is 0. The summed E-state index contributed by atoms with van der Waals surface area (Å²) in [4.78, 5) is 27.8. The summed E-state index contributed by atoms with van der Waals surface area (Å²) in [5.74, 6) is 5.65. The minimum Gasteiger partial charge on any atom is -0.501 e. The first-order chi connectivity index (χ1) is 26.1. The van der Waals surface area contributed by atoms with E-state index in [1.807, 2.05) is 52.0 Å². The number of imidazole rings is 2. The fraction of sp³-hybridized carbons (Fsp3) is 0.400. The topological polar surface area (TPSA) is 277 Å². The van der Waals surface area contributed by atoms with Gasteiger partial charge in [-0.1, -0.05) is 36.4 Å². The number of allylic oxidation sites excluding steroid dienone is 8. The molecule has 16 nitrogen and oxygen atoms in total.